The Morgan fingerprint density at radius 3 is 3.11 bits per heavy atom. The Hall–Kier alpha value is -1.62. The molecule has 19 heavy (non-hydrogen) atoms. The summed E-state index contributed by atoms with van der Waals surface area (Å²) in [5.41, 5.74) is 7.39. The third-order valence-corrected chi connectivity index (χ3v) is 3.68. The van der Waals surface area contributed by atoms with Crippen LogP contribution in [0.2, 0.25) is 0 Å². The lowest BCUT2D eigenvalue weighted by molar-refractivity contribution is 0.0958. The molecular weight excluding hydrogens is 240 g/mol. The van der Waals surface area contributed by atoms with E-state index in [0.29, 0.717) is 18.3 Å². The summed E-state index contributed by atoms with van der Waals surface area (Å²) < 4.78 is 0. The van der Waals surface area contributed by atoms with E-state index in [9.17, 15) is 4.79 Å². The summed E-state index contributed by atoms with van der Waals surface area (Å²) in [5.74, 6) is -0.152. The van der Waals surface area contributed by atoms with Gasteiger partial charge in [0.15, 0.2) is 0 Å². The molecule has 0 saturated carbocycles. The summed E-state index contributed by atoms with van der Waals surface area (Å²) in [6, 6.07) is 4.18. The zero-order valence-corrected chi connectivity index (χ0v) is 11.4. The van der Waals surface area contributed by atoms with E-state index in [1.807, 2.05) is 12.1 Å². The van der Waals surface area contributed by atoms with E-state index in [1.54, 1.807) is 13.2 Å². The van der Waals surface area contributed by atoms with Gasteiger partial charge >= 0.3 is 0 Å². The van der Waals surface area contributed by atoms with E-state index in [2.05, 4.69) is 15.2 Å². The molecule has 5 nitrogen and oxygen atoms in total. The second-order valence-electron chi connectivity index (χ2n) is 4.91. The maximum atomic E-state index is 11.7. The quantitative estimate of drug-likeness (QED) is 0.857. The maximum Gasteiger partial charge on any atom is 0.269 e. The van der Waals surface area contributed by atoms with E-state index in [0.717, 1.165) is 18.7 Å². The summed E-state index contributed by atoms with van der Waals surface area (Å²) >= 11 is 0. The number of nitrogens with zero attached hydrogens (tertiary/aromatic N) is 2. The number of carbonyl (C=O) groups excluding carboxylic acids is 1. The molecule has 1 saturated heterocycles. The van der Waals surface area contributed by atoms with Crippen molar-refractivity contribution in [2.75, 3.05) is 25.0 Å². The Morgan fingerprint density at radius 2 is 2.37 bits per heavy atom. The lowest BCUT2D eigenvalue weighted by Crippen LogP contribution is -2.40. The van der Waals surface area contributed by atoms with Crippen molar-refractivity contribution < 1.29 is 4.79 Å². The van der Waals surface area contributed by atoms with Gasteiger partial charge in [-0.15, -0.1) is 0 Å². The fourth-order valence-corrected chi connectivity index (χ4v) is 2.61. The maximum absolute atomic E-state index is 11.7. The van der Waals surface area contributed by atoms with Crippen LogP contribution in [0, 0.1) is 0 Å². The molecule has 1 atom stereocenters. The molecule has 1 aromatic heterocycles. The number of hydrogen-bond acceptors (Lipinski definition) is 4. The molecule has 0 spiro atoms. The van der Waals surface area contributed by atoms with Crippen LogP contribution in [0.5, 0.6) is 0 Å². The smallest absolute Gasteiger partial charge is 0.269 e. The molecule has 1 amide bonds. The van der Waals surface area contributed by atoms with Crippen LogP contribution in [0.15, 0.2) is 18.3 Å². The van der Waals surface area contributed by atoms with Crippen LogP contribution < -0.4 is 16.0 Å². The Balaban J connectivity index is 2.25. The van der Waals surface area contributed by atoms with Gasteiger partial charge in [0.1, 0.15) is 5.69 Å². The standard InChI is InChI=1S/C14H22N4O/c1-16-14(19)13-9-11(6-7-17-13)18-8-4-2-3-5-12(18)10-15/h6-7,9,12H,2-5,8,10,15H2,1H3,(H,16,19). The van der Waals surface area contributed by atoms with Crippen molar-refractivity contribution in [1.29, 1.82) is 0 Å². The average Bonchev–Trinajstić information content (AvgIpc) is 2.71. The van der Waals surface area contributed by atoms with Crippen LogP contribution in [0.1, 0.15) is 36.2 Å². The van der Waals surface area contributed by atoms with E-state index in [-0.39, 0.29) is 5.91 Å². The van der Waals surface area contributed by atoms with Crippen LogP contribution in [0.4, 0.5) is 5.69 Å². The molecule has 0 aliphatic carbocycles. The van der Waals surface area contributed by atoms with Crippen molar-refractivity contribution in [1.82, 2.24) is 10.3 Å². The Morgan fingerprint density at radius 1 is 1.53 bits per heavy atom. The molecule has 1 aromatic rings. The molecule has 1 unspecified atom stereocenters. The molecule has 2 heterocycles. The largest absolute Gasteiger partial charge is 0.367 e. The zero-order chi connectivity index (χ0) is 13.7. The van der Waals surface area contributed by atoms with E-state index < -0.39 is 0 Å². The highest BCUT2D eigenvalue weighted by molar-refractivity contribution is 5.92. The molecule has 2 rings (SSSR count). The number of nitrogens with one attached hydrogen (secondary N) is 1. The fraction of sp³-hybridized carbons (Fsp3) is 0.571. The summed E-state index contributed by atoms with van der Waals surface area (Å²) in [6.45, 7) is 1.65. The summed E-state index contributed by atoms with van der Waals surface area (Å²) in [5, 5.41) is 2.60. The molecule has 0 radical (unpaired) electrons. The SMILES string of the molecule is CNC(=O)c1cc(N2CCCCCC2CN)ccn1. The first kappa shape index (κ1) is 13.8. The number of hydrogen-bond donors (Lipinski definition) is 2. The lowest BCUT2D eigenvalue weighted by Gasteiger charge is -2.31. The van der Waals surface area contributed by atoms with Gasteiger partial charge in [0.25, 0.3) is 5.91 Å². The van der Waals surface area contributed by atoms with E-state index in [1.165, 1.54) is 19.3 Å². The molecule has 5 heteroatoms. The van der Waals surface area contributed by atoms with Crippen LogP contribution in [-0.4, -0.2) is 37.1 Å². The van der Waals surface area contributed by atoms with Gasteiger partial charge in [0, 0.05) is 38.1 Å². The van der Waals surface area contributed by atoms with Gasteiger partial charge in [-0.1, -0.05) is 12.8 Å². The Kier molecular flexibility index (Phi) is 4.74. The van der Waals surface area contributed by atoms with E-state index in [4.69, 9.17) is 5.73 Å². The second-order valence-corrected chi connectivity index (χ2v) is 4.91. The van der Waals surface area contributed by atoms with Gasteiger partial charge in [-0.2, -0.15) is 0 Å². The zero-order valence-electron chi connectivity index (χ0n) is 11.4. The fourth-order valence-electron chi connectivity index (χ4n) is 2.61. The highest BCUT2D eigenvalue weighted by Crippen LogP contribution is 2.23. The van der Waals surface area contributed by atoms with Crippen molar-refractivity contribution in [3.8, 4) is 0 Å². The van der Waals surface area contributed by atoms with Crippen LogP contribution in [-0.2, 0) is 0 Å². The summed E-state index contributed by atoms with van der Waals surface area (Å²) in [4.78, 5) is 18.1. The second kappa shape index (κ2) is 6.52. The molecule has 1 aliphatic rings. The number of pyridine rings is 1. The van der Waals surface area contributed by atoms with Gasteiger partial charge in [0.05, 0.1) is 0 Å². The van der Waals surface area contributed by atoms with Gasteiger partial charge in [0.2, 0.25) is 0 Å². The van der Waals surface area contributed by atoms with Crippen LogP contribution >= 0.6 is 0 Å². The topological polar surface area (TPSA) is 71.2 Å². The number of nitrogens with two attached hydrogens (primary N) is 1. The monoisotopic (exact) mass is 262 g/mol. The first-order valence-corrected chi connectivity index (χ1v) is 6.91. The number of anilines is 1. The van der Waals surface area contributed by atoms with Gasteiger partial charge < -0.3 is 16.0 Å². The first-order valence-electron chi connectivity index (χ1n) is 6.91. The number of rotatable bonds is 3. The van der Waals surface area contributed by atoms with Crippen molar-refractivity contribution in [3.05, 3.63) is 24.0 Å². The third kappa shape index (κ3) is 3.23. The number of amides is 1. The minimum atomic E-state index is -0.152. The molecular formula is C14H22N4O. The van der Waals surface area contributed by atoms with Crippen molar-refractivity contribution in [2.45, 2.75) is 31.7 Å². The highest BCUT2D eigenvalue weighted by atomic mass is 16.1. The van der Waals surface area contributed by atoms with Gasteiger partial charge in [-0.05, 0) is 25.0 Å². The molecule has 1 aliphatic heterocycles. The molecule has 3 N–H and O–H groups in total. The van der Waals surface area contributed by atoms with Gasteiger partial charge in [-0.25, -0.2) is 0 Å². The lowest BCUT2D eigenvalue weighted by atomic mass is 10.1. The Bertz CT molecular complexity index is 435. The van der Waals surface area contributed by atoms with E-state index >= 15 is 0 Å². The normalized spacial score (nSPS) is 19.9. The molecule has 0 aromatic carbocycles. The first-order chi connectivity index (χ1) is 9.26. The highest BCUT2D eigenvalue weighted by Gasteiger charge is 2.20. The minimum absolute atomic E-state index is 0.152. The van der Waals surface area contributed by atoms with Crippen molar-refractivity contribution in [2.24, 2.45) is 5.73 Å². The molecule has 104 valence electrons. The third-order valence-electron chi connectivity index (χ3n) is 3.68. The summed E-state index contributed by atoms with van der Waals surface area (Å²) in [6.07, 6.45) is 6.47. The predicted octanol–water partition coefficient (Wildman–Crippen LogP) is 1.15. The van der Waals surface area contributed by atoms with Crippen LogP contribution in [0.25, 0.3) is 0 Å². The molecule has 0 bridgehead atoms. The summed E-state index contributed by atoms with van der Waals surface area (Å²) in [7, 11) is 1.62. The minimum Gasteiger partial charge on any atom is -0.367 e. The van der Waals surface area contributed by atoms with Gasteiger partial charge in [-0.3, -0.25) is 9.78 Å². The van der Waals surface area contributed by atoms with Crippen LogP contribution in [0.3, 0.4) is 0 Å². The van der Waals surface area contributed by atoms with Crippen molar-refractivity contribution in [3.63, 3.8) is 0 Å². The molecule has 1 fully saturated rings. The number of aromatic nitrogens is 1. The Labute approximate surface area is 114 Å². The predicted molar refractivity (Wildman–Crippen MR) is 76.3 cm³/mol. The van der Waals surface area contributed by atoms with Crippen molar-refractivity contribution >= 4 is 11.6 Å². The number of carbonyl (C=O) groups is 1. The average molecular weight is 262 g/mol.